The van der Waals surface area contributed by atoms with Gasteiger partial charge in [-0.05, 0) is 25.1 Å². The maximum Gasteiger partial charge on any atom is 0.236 e. The molecule has 0 radical (unpaired) electrons. The van der Waals surface area contributed by atoms with E-state index in [1.54, 1.807) is 0 Å². The average Bonchev–Trinajstić information content (AvgIpc) is 2.40. The number of rotatable bonds is 3. The average molecular weight is 267 g/mol. The summed E-state index contributed by atoms with van der Waals surface area (Å²) >= 11 is 0. The van der Waals surface area contributed by atoms with Crippen LogP contribution in [0.4, 0.5) is 4.39 Å². The Kier molecular flexibility index (Phi) is 4.01. The van der Waals surface area contributed by atoms with Gasteiger partial charge in [0.1, 0.15) is 17.6 Å². The van der Waals surface area contributed by atoms with Crippen LogP contribution in [0, 0.1) is 5.82 Å². The summed E-state index contributed by atoms with van der Waals surface area (Å²) in [6.45, 7) is 3.64. The van der Waals surface area contributed by atoms with E-state index >= 15 is 0 Å². The van der Waals surface area contributed by atoms with Gasteiger partial charge in [-0.2, -0.15) is 0 Å². The Bertz CT molecular complexity index is 481. The minimum absolute atomic E-state index is 0.0238. The molecule has 2 rings (SSSR count). The molecule has 2 atom stereocenters. The van der Waals surface area contributed by atoms with Gasteiger partial charge in [0.05, 0.1) is 0 Å². The second-order valence-electron chi connectivity index (χ2n) is 4.74. The van der Waals surface area contributed by atoms with Crippen molar-refractivity contribution in [3.63, 3.8) is 0 Å². The molecule has 1 aromatic carbocycles. The van der Waals surface area contributed by atoms with E-state index in [2.05, 4.69) is 5.32 Å². The molecule has 1 aliphatic heterocycles. The molecule has 1 aliphatic rings. The number of nitrogens with one attached hydrogen (secondary N) is 1. The van der Waals surface area contributed by atoms with Crippen LogP contribution in [-0.2, 0) is 4.79 Å². The lowest BCUT2D eigenvalue weighted by Crippen LogP contribution is -2.57. The summed E-state index contributed by atoms with van der Waals surface area (Å²) in [5.74, 6) is -0.809. The number of halogens is 1. The van der Waals surface area contributed by atoms with Crippen molar-refractivity contribution < 1.29 is 14.3 Å². The van der Waals surface area contributed by atoms with E-state index in [4.69, 9.17) is 5.73 Å². The van der Waals surface area contributed by atoms with Gasteiger partial charge >= 0.3 is 0 Å². The molecule has 1 amide bonds. The van der Waals surface area contributed by atoms with Crippen LogP contribution in [0.25, 0.3) is 0 Å². The van der Waals surface area contributed by atoms with Gasteiger partial charge in [-0.3, -0.25) is 9.69 Å². The Morgan fingerprint density at radius 3 is 3.05 bits per heavy atom. The topological polar surface area (TPSA) is 78.6 Å². The number of piperazine rings is 1. The van der Waals surface area contributed by atoms with Crippen LogP contribution < -0.4 is 11.1 Å². The SMILES string of the molecule is CC(c1cc(F)ccc1O)N1CCNCC1C(N)=O. The Hall–Kier alpha value is -1.66. The van der Waals surface area contributed by atoms with Crippen LogP contribution >= 0.6 is 0 Å². The number of primary amides is 1. The van der Waals surface area contributed by atoms with Crippen LogP contribution in [0.5, 0.6) is 5.75 Å². The zero-order valence-corrected chi connectivity index (χ0v) is 10.8. The van der Waals surface area contributed by atoms with Gasteiger partial charge in [0.15, 0.2) is 0 Å². The smallest absolute Gasteiger partial charge is 0.236 e. The van der Waals surface area contributed by atoms with Gasteiger partial charge in [0.2, 0.25) is 5.91 Å². The van der Waals surface area contributed by atoms with E-state index in [0.29, 0.717) is 18.7 Å². The van der Waals surface area contributed by atoms with E-state index in [1.165, 1.54) is 18.2 Å². The number of nitrogens with zero attached hydrogens (tertiary/aromatic N) is 1. The molecule has 104 valence electrons. The van der Waals surface area contributed by atoms with Crippen LogP contribution in [0.2, 0.25) is 0 Å². The molecule has 1 heterocycles. The number of amides is 1. The van der Waals surface area contributed by atoms with Crippen LogP contribution in [0.1, 0.15) is 18.5 Å². The lowest BCUT2D eigenvalue weighted by Gasteiger charge is -2.38. The largest absolute Gasteiger partial charge is 0.508 e. The highest BCUT2D eigenvalue weighted by Crippen LogP contribution is 2.30. The standard InChI is InChI=1S/C13H18FN3O2/c1-8(10-6-9(14)2-3-12(10)18)17-5-4-16-7-11(17)13(15)19/h2-3,6,8,11,16,18H,4-5,7H2,1H3,(H2,15,19). The van der Waals surface area contributed by atoms with Gasteiger partial charge < -0.3 is 16.2 Å². The lowest BCUT2D eigenvalue weighted by atomic mass is 10.0. The number of phenolic OH excluding ortho intramolecular Hbond substituents is 1. The van der Waals surface area contributed by atoms with Gasteiger partial charge in [0, 0.05) is 31.2 Å². The molecule has 19 heavy (non-hydrogen) atoms. The molecular weight excluding hydrogens is 249 g/mol. The summed E-state index contributed by atoms with van der Waals surface area (Å²) in [6, 6.07) is 3.08. The predicted molar refractivity (Wildman–Crippen MR) is 69.0 cm³/mol. The van der Waals surface area contributed by atoms with E-state index < -0.39 is 17.8 Å². The first-order valence-corrected chi connectivity index (χ1v) is 6.25. The van der Waals surface area contributed by atoms with Crippen molar-refractivity contribution in [3.05, 3.63) is 29.6 Å². The maximum atomic E-state index is 13.3. The summed E-state index contributed by atoms with van der Waals surface area (Å²) in [4.78, 5) is 13.3. The Morgan fingerprint density at radius 1 is 1.63 bits per heavy atom. The number of carbonyl (C=O) groups is 1. The van der Waals surface area contributed by atoms with Gasteiger partial charge in [-0.25, -0.2) is 4.39 Å². The molecule has 0 saturated carbocycles. The summed E-state index contributed by atoms with van der Waals surface area (Å²) in [7, 11) is 0. The van der Waals surface area contributed by atoms with Gasteiger partial charge in [-0.1, -0.05) is 0 Å². The molecule has 0 aliphatic carbocycles. The van der Waals surface area contributed by atoms with Crippen molar-refractivity contribution in [3.8, 4) is 5.75 Å². The van der Waals surface area contributed by atoms with E-state index in [1.807, 2.05) is 11.8 Å². The first-order valence-electron chi connectivity index (χ1n) is 6.25. The van der Waals surface area contributed by atoms with Crippen LogP contribution in [0.15, 0.2) is 18.2 Å². The van der Waals surface area contributed by atoms with Crippen molar-refractivity contribution in [2.24, 2.45) is 5.73 Å². The van der Waals surface area contributed by atoms with Crippen molar-refractivity contribution in [1.29, 1.82) is 0 Å². The fourth-order valence-electron chi connectivity index (χ4n) is 2.49. The number of phenols is 1. The summed E-state index contributed by atoms with van der Waals surface area (Å²) in [6.07, 6.45) is 0. The van der Waals surface area contributed by atoms with Crippen molar-refractivity contribution in [2.45, 2.75) is 19.0 Å². The zero-order chi connectivity index (χ0) is 14.0. The van der Waals surface area contributed by atoms with Crippen molar-refractivity contribution in [2.75, 3.05) is 19.6 Å². The highest BCUT2D eigenvalue weighted by atomic mass is 19.1. The molecular formula is C13H18FN3O2. The minimum atomic E-state index is -0.452. The van der Waals surface area contributed by atoms with Crippen LogP contribution in [0.3, 0.4) is 0 Å². The monoisotopic (exact) mass is 267 g/mol. The highest BCUT2D eigenvalue weighted by Gasteiger charge is 2.31. The first kappa shape index (κ1) is 13.8. The van der Waals surface area contributed by atoms with E-state index in [-0.39, 0.29) is 11.8 Å². The summed E-state index contributed by atoms with van der Waals surface area (Å²) < 4.78 is 13.3. The number of carbonyl (C=O) groups excluding carboxylic acids is 1. The maximum absolute atomic E-state index is 13.3. The van der Waals surface area contributed by atoms with Crippen LogP contribution in [-0.4, -0.2) is 41.6 Å². The molecule has 0 spiro atoms. The number of benzene rings is 1. The molecule has 4 N–H and O–H groups in total. The van der Waals surface area contributed by atoms with Gasteiger partial charge in [-0.15, -0.1) is 0 Å². The third kappa shape index (κ3) is 2.85. The zero-order valence-electron chi connectivity index (χ0n) is 10.8. The number of aromatic hydroxyl groups is 1. The fraction of sp³-hybridized carbons (Fsp3) is 0.462. The number of nitrogens with two attached hydrogens (primary N) is 1. The molecule has 0 aromatic heterocycles. The van der Waals surface area contributed by atoms with E-state index in [0.717, 1.165) is 6.54 Å². The number of hydrogen-bond donors (Lipinski definition) is 3. The molecule has 1 aromatic rings. The molecule has 1 fully saturated rings. The summed E-state index contributed by atoms with van der Waals surface area (Å²) in [5.41, 5.74) is 5.85. The normalized spacial score (nSPS) is 22.1. The molecule has 0 bridgehead atoms. The second kappa shape index (κ2) is 5.54. The Balaban J connectivity index is 2.28. The molecule has 5 nitrogen and oxygen atoms in total. The lowest BCUT2D eigenvalue weighted by molar-refractivity contribution is -0.124. The third-order valence-corrected chi connectivity index (χ3v) is 3.55. The fourth-order valence-corrected chi connectivity index (χ4v) is 2.49. The first-order chi connectivity index (χ1) is 9.00. The minimum Gasteiger partial charge on any atom is -0.508 e. The summed E-state index contributed by atoms with van der Waals surface area (Å²) in [5, 5.41) is 12.9. The molecule has 1 saturated heterocycles. The van der Waals surface area contributed by atoms with Crippen molar-refractivity contribution in [1.82, 2.24) is 10.2 Å². The van der Waals surface area contributed by atoms with Crippen molar-refractivity contribution >= 4 is 5.91 Å². The predicted octanol–water partition coefficient (Wildman–Crippen LogP) is 0.351. The second-order valence-corrected chi connectivity index (χ2v) is 4.74. The van der Waals surface area contributed by atoms with Gasteiger partial charge in [0.25, 0.3) is 0 Å². The molecule has 2 unspecified atom stereocenters. The highest BCUT2D eigenvalue weighted by molar-refractivity contribution is 5.80. The number of hydrogen-bond acceptors (Lipinski definition) is 4. The quantitative estimate of drug-likeness (QED) is 0.738. The Labute approximate surface area is 111 Å². The molecule has 6 heteroatoms. The van der Waals surface area contributed by atoms with E-state index in [9.17, 15) is 14.3 Å². The Morgan fingerprint density at radius 2 is 2.37 bits per heavy atom. The third-order valence-electron chi connectivity index (χ3n) is 3.55.